The summed E-state index contributed by atoms with van der Waals surface area (Å²) in [5.41, 5.74) is 1.50. The lowest BCUT2D eigenvalue weighted by atomic mass is 10.1. The Hall–Kier alpha value is -0.820. The summed E-state index contributed by atoms with van der Waals surface area (Å²) in [6.07, 6.45) is 8.36. The van der Waals surface area contributed by atoms with Gasteiger partial charge in [-0.2, -0.15) is 0 Å². The van der Waals surface area contributed by atoms with Gasteiger partial charge in [0, 0.05) is 12.1 Å². The molecule has 0 heterocycles. The van der Waals surface area contributed by atoms with Crippen LogP contribution >= 0.6 is 0 Å². The van der Waals surface area contributed by atoms with Crippen LogP contribution in [-0.2, 0) is 6.42 Å². The van der Waals surface area contributed by atoms with Crippen LogP contribution in [0.15, 0.2) is 30.3 Å². The Morgan fingerprint density at radius 3 is 2.56 bits per heavy atom. The summed E-state index contributed by atoms with van der Waals surface area (Å²) in [4.78, 5) is 0. The molecule has 0 spiro atoms. The summed E-state index contributed by atoms with van der Waals surface area (Å²) < 4.78 is 0. The van der Waals surface area contributed by atoms with Gasteiger partial charge in [-0.25, -0.2) is 0 Å². The van der Waals surface area contributed by atoms with Gasteiger partial charge in [0.05, 0.1) is 0 Å². The molecule has 86 valence electrons. The molecular weight excluding hydrogens is 194 g/mol. The minimum atomic E-state index is 0.823. The maximum absolute atomic E-state index is 3.82. The molecule has 1 aromatic carbocycles. The third-order valence-corrected chi connectivity index (χ3v) is 4.07. The molecule has 16 heavy (non-hydrogen) atoms. The highest BCUT2D eigenvalue weighted by Gasteiger charge is 2.38. The van der Waals surface area contributed by atoms with Crippen molar-refractivity contribution in [3.63, 3.8) is 0 Å². The highest BCUT2D eigenvalue weighted by molar-refractivity contribution is 5.17. The van der Waals surface area contributed by atoms with Gasteiger partial charge in [0.15, 0.2) is 0 Å². The van der Waals surface area contributed by atoms with Gasteiger partial charge in [0.1, 0.15) is 0 Å². The summed E-state index contributed by atoms with van der Waals surface area (Å²) in [6, 6.07) is 12.6. The molecule has 0 bridgehead atoms. The Labute approximate surface area is 98.3 Å². The van der Waals surface area contributed by atoms with Crippen molar-refractivity contribution in [2.45, 2.75) is 50.6 Å². The maximum atomic E-state index is 3.82. The van der Waals surface area contributed by atoms with E-state index in [-0.39, 0.29) is 0 Å². The molecule has 0 saturated heterocycles. The summed E-state index contributed by atoms with van der Waals surface area (Å²) in [5, 5.41) is 3.82. The third kappa shape index (κ3) is 2.46. The topological polar surface area (TPSA) is 12.0 Å². The van der Waals surface area contributed by atoms with Crippen molar-refractivity contribution in [3.8, 4) is 0 Å². The van der Waals surface area contributed by atoms with E-state index in [2.05, 4.69) is 35.6 Å². The van der Waals surface area contributed by atoms with Crippen LogP contribution in [-0.4, -0.2) is 12.1 Å². The first-order valence-electron chi connectivity index (χ1n) is 6.72. The largest absolute Gasteiger partial charge is 0.311 e. The summed E-state index contributed by atoms with van der Waals surface area (Å²) >= 11 is 0. The average Bonchev–Trinajstić information content (AvgIpc) is 2.82. The van der Waals surface area contributed by atoms with Crippen molar-refractivity contribution < 1.29 is 0 Å². The van der Waals surface area contributed by atoms with Crippen LogP contribution in [0.5, 0.6) is 0 Å². The molecule has 0 amide bonds. The lowest BCUT2D eigenvalue weighted by Gasteiger charge is -2.11. The zero-order valence-electron chi connectivity index (χ0n) is 9.86. The van der Waals surface area contributed by atoms with Crippen molar-refractivity contribution in [2.24, 2.45) is 5.92 Å². The Morgan fingerprint density at radius 2 is 1.81 bits per heavy atom. The molecule has 3 rings (SSSR count). The summed E-state index contributed by atoms with van der Waals surface area (Å²) in [6.45, 7) is 0. The van der Waals surface area contributed by atoms with Crippen molar-refractivity contribution in [3.05, 3.63) is 35.9 Å². The van der Waals surface area contributed by atoms with Gasteiger partial charge in [0.25, 0.3) is 0 Å². The molecule has 0 radical (unpaired) electrons. The Kier molecular flexibility index (Phi) is 2.96. The number of nitrogens with one attached hydrogen (secondary N) is 1. The first kappa shape index (κ1) is 10.3. The molecule has 2 fully saturated rings. The minimum absolute atomic E-state index is 0.823. The van der Waals surface area contributed by atoms with Gasteiger partial charge in [-0.3, -0.25) is 0 Å². The first-order valence-corrected chi connectivity index (χ1v) is 6.72. The molecule has 2 saturated carbocycles. The van der Waals surface area contributed by atoms with Crippen molar-refractivity contribution >= 4 is 0 Å². The smallest absolute Gasteiger partial charge is 0.0105 e. The maximum Gasteiger partial charge on any atom is 0.0105 e. The van der Waals surface area contributed by atoms with Crippen LogP contribution < -0.4 is 5.32 Å². The first-order chi connectivity index (χ1) is 7.92. The fraction of sp³-hybridized carbons (Fsp3) is 0.600. The Bertz CT molecular complexity index is 327. The van der Waals surface area contributed by atoms with Gasteiger partial charge in [-0.05, 0) is 37.2 Å². The van der Waals surface area contributed by atoms with E-state index in [9.17, 15) is 0 Å². The molecule has 0 aromatic heterocycles. The SMILES string of the molecule is c1ccc(CC2CC2NC2CCCC2)cc1. The van der Waals surface area contributed by atoms with Crippen molar-refractivity contribution in [1.29, 1.82) is 0 Å². The second-order valence-corrected chi connectivity index (χ2v) is 5.44. The number of rotatable bonds is 4. The fourth-order valence-corrected chi connectivity index (χ4v) is 2.99. The van der Waals surface area contributed by atoms with Gasteiger partial charge >= 0.3 is 0 Å². The van der Waals surface area contributed by atoms with Gasteiger partial charge in [-0.15, -0.1) is 0 Å². The lowest BCUT2D eigenvalue weighted by molar-refractivity contribution is 0.501. The minimum Gasteiger partial charge on any atom is -0.311 e. The van der Waals surface area contributed by atoms with E-state index in [1.54, 1.807) is 0 Å². The van der Waals surface area contributed by atoms with Crippen molar-refractivity contribution in [2.75, 3.05) is 0 Å². The lowest BCUT2D eigenvalue weighted by Crippen LogP contribution is -2.29. The second-order valence-electron chi connectivity index (χ2n) is 5.44. The fourth-order valence-electron chi connectivity index (χ4n) is 2.99. The van der Waals surface area contributed by atoms with E-state index < -0.39 is 0 Å². The van der Waals surface area contributed by atoms with E-state index in [0.717, 1.165) is 18.0 Å². The van der Waals surface area contributed by atoms with Crippen LogP contribution in [0, 0.1) is 5.92 Å². The zero-order valence-corrected chi connectivity index (χ0v) is 9.86. The third-order valence-electron chi connectivity index (χ3n) is 4.07. The monoisotopic (exact) mass is 215 g/mol. The standard InChI is InChI=1S/C15H21N/c1-2-6-12(7-3-1)10-13-11-15(13)16-14-8-4-5-9-14/h1-3,6-7,13-16H,4-5,8-11H2. The Balaban J connectivity index is 1.45. The average molecular weight is 215 g/mol. The van der Waals surface area contributed by atoms with E-state index in [1.165, 1.54) is 44.1 Å². The number of hydrogen-bond donors (Lipinski definition) is 1. The highest BCUT2D eigenvalue weighted by Crippen LogP contribution is 2.35. The van der Waals surface area contributed by atoms with Crippen LogP contribution in [0.2, 0.25) is 0 Å². The van der Waals surface area contributed by atoms with E-state index in [4.69, 9.17) is 0 Å². The molecule has 2 aliphatic carbocycles. The van der Waals surface area contributed by atoms with Crippen LogP contribution in [0.1, 0.15) is 37.7 Å². The quantitative estimate of drug-likeness (QED) is 0.813. The number of hydrogen-bond acceptors (Lipinski definition) is 1. The normalized spacial score (nSPS) is 29.5. The van der Waals surface area contributed by atoms with E-state index >= 15 is 0 Å². The highest BCUT2D eigenvalue weighted by atomic mass is 15.0. The summed E-state index contributed by atoms with van der Waals surface area (Å²) in [5.74, 6) is 0.906. The predicted molar refractivity (Wildman–Crippen MR) is 67.4 cm³/mol. The van der Waals surface area contributed by atoms with Crippen LogP contribution in [0.3, 0.4) is 0 Å². The van der Waals surface area contributed by atoms with Crippen molar-refractivity contribution in [1.82, 2.24) is 5.32 Å². The molecule has 2 aliphatic rings. The van der Waals surface area contributed by atoms with E-state index in [1.807, 2.05) is 0 Å². The Morgan fingerprint density at radius 1 is 1.06 bits per heavy atom. The van der Waals surface area contributed by atoms with E-state index in [0.29, 0.717) is 0 Å². The van der Waals surface area contributed by atoms with Crippen LogP contribution in [0.4, 0.5) is 0 Å². The summed E-state index contributed by atoms with van der Waals surface area (Å²) in [7, 11) is 0. The molecule has 2 unspecified atom stereocenters. The van der Waals surface area contributed by atoms with Crippen LogP contribution in [0.25, 0.3) is 0 Å². The second kappa shape index (κ2) is 4.58. The predicted octanol–water partition coefficient (Wildman–Crippen LogP) is 3.15. The molecule has 1 N–H and O–H groups in total. The molecule has 1 heteroatoms. The molecule has 0 aliphatic heterocycles. The molecular formula is C15H21N. The van der Waals surface area contributed by atoms with Gasteiger partial charge < -0.3 is 5.32 Å². The zero-order chi connectivity index (χ0) is 10.8. The molecule has 1 nitrogen and oxygen atoms in total. The van der Waals surface area contributed by atoms with Gasteiger partial charge in [0.2, 0.25) is 0 Å². The number of benzene rings is 1. The molecule has 1 aromatic rings. The van der Waals surface area contributed by atoms with Gasteiger partial charge in [-0.1, -0.05) is 43.2 Å². The molecule has 2 atom stereocenters.